The molecular weight excluding hydrogens is 407 g/mol. The summed E-state index contributed by atoms with van der Waals surface area (Å²) in [5.41, 5.74) is 0.821. The molecule has 0 saturated carbocycles. The summed E-state index contributed by atoms with van der Waals surface area (Å²) in [6.07, 6.45) is 3.04. The van der Waals surface area contributed by atoms with Crippen molar-refractivity contribution in [3.8, 4) is 34.3 Å². The first-order valence-electron chi connectivity index (χ1n) is 9.16. The molecule has 160 valence electrons. The van der Waals surface area contributed by atoms with Crippen molar-refractivity contribution in [1.29, 1.82) is 0 Å². The smallest absolute Gasteiger partial charge is 0.208 e. The fourth-order valence-corrected chi connectivity index (χ4v) is 3.43. The largest absolute Gasteiger partial charge is 0.494 e. The molecule has 0 aliphatic heterocycles. The predicted molar refractivity (Wildman–Crippen MR) is 110 cm³/mol. The number of ketones is 1. The van der Waals surface area contributed by atoms with Gasteiger partial charge in [-0.15, -0.1) is 0 Å². The molecule has 9 heteroatoms. The molecule has 31 heavy (non-hydrogen) atoms. The number of carbonyl (C=O) groups is 1. The van der Waals surface area contributed by atoms with Crippen molar-refractivity contribution < 1.29 is 32.5 Å². The number of carbonyl (C=O) groups excluding carboxylic acids is 1. The van der Waals surface area contributed by atoms with Gasteiger partial charge in [-0.25, -0.2) is 0 Å². The monoisotopic (exact) mass is 426 g/mol. The van der Waals surface area contributed by atoms with E-state index in [1.807, 2.05) is 0 Å². The van der Waals surface area contributed by atoms with E-state index in [1.54, 1.807) is 12.3 Å². The number of benzene rings is 2. The molecule has 0 aliphatic rings. The van der Waals surface area contributed by atoms with Gasteiger partial charge in [-0.3, -0.25) is 9.89 Å². The summed E-state index contributed by atoms with van der Waals surface area (Å²) in [5, 5.41) is 6.87. The average molecular weight is 426 g/mol. The maximum atomic E-state index is 14.9. The average Bonchev–Trinajstić information content (AvgIpc) is 3.46. The number of hydrogen-bond donors (Lipinski definition) is 1. The Labute approximate surface area is 176 Å². The highest BCUT2D eigenvalue weighted by atomic mass is 19.1. The Morgan fingerprint density at radius 3 is 2.23 bits per heavy atom. The molecule has 2 aromatic carbocycles. The highest BCUT2D eigenvalue weighted by Gasteiger charge is 2.28. The Hall–Kier alpha value is -4.01. The van der Waals surface area contributed by atoms with Gasteiger partial charge < -0.3 is 23.4 Å². The zero-order valence-electron chi connectivity index (χ0n) is 17.2. The number of nitrogens with one attached hydrogen (secondary N) is 1. The number of hydrogen-bond acceptors (Lipinski definition) is 7. The summed E-state index contributed by atoms with van der Waals surface area (Å²) < 4.78 is 41.8. The number of ether oxygens (including phenoxy) is 4. The molecule has 2 aromatic heterocycles. The molecule has 4 rings (SSSR count). The quantitative estimate of drug-likeness (QED) is 0.442. The number of halogens is 1. The third-order valence-corrected chi connectivity index (χ3v) is 4.90. The van der Waals surface area contributed by atoms with Crippen LogP contribution in [-0.2, 0) is 0 Å². The second kappa shape index (κ2) is 8.02. The van der Waals surface area contributed by atoms with E-state index >= 15 is 0 Å². The van der Waals surface area contributed by atoms with Crippen molar-refractivity contribution in [2.45, 2.75) is 0 Å². The molecule has 4 aromatic rings. The number of rotatable bonds is 7. The number of aromatic amines is 1. The van der Waals surface area contributed by atoms with Crippen molar-refractivity contribution >= 4 is 16.8 Å². The van der Waals surface area contributed by atoms with E-state index in [1.165, 1.54) is 52.8 Å². The van der Waals surface area contributed by atoms with Crippen LogP contribution in [0.1, 0.15) is 15.9 Å². The maximum absolute atomic E-state index is 14.9. The lowest BCUT2D eigenvalue weighted by molar-refractivity contribution is 0.103. The Bertz CT molecular complexity index is 1240. The molecular formula is C22H19FN2O6. The van der Waals surface area contributed by atoms with Crippen molar-refractivity contribution in [3.63, 3.8) is 0 Å². The lowest BCUT2D eigenvalue weighted by Crippen LogP contribution is -2.05. The highest BCUT2D eigenvalue weighted by molar-refractivity contribution is 6.20. The van der Waals surface area contributed by atoms with Gasteiger partial charge >= 0.3 is 0 Å². The Kier molecular flexibility index (Phi) is 5.24. The normalized spacial score (nSPS) is 10.9. The lowest BCUT2D eigenvalue weighted by Gasteiger charge is -2.13. The summed E-state index contributed by atoms with van der Waals surface area (Å²) in [4.78, 5) is 13.6. The van der Waals surface area contributed by atoms with Crippen molar-refractivity contribution in [1.82, 2.24) is 10.2 Å². The number of H-pyrrole nitrogens is 1. The first kappa shape index (κ1) is 20.3. The molecule has 0 unspecified atom stereocenters. The van der Waals surface area contributed by atoms with Crippen LogP contribution in [0, 0.1) is 5.82 Å². The van der Waals surface area contributed by atoms with Crippen LogP contribution in [0.5, 0.6) is 23.0 Å². The minimum Gasteiger partial charge on any atom is -0.494 e. The van der Waals surface area contributed by atoms with Crippen LogP contribution >= 0.6 is 0 Å². The molecule has 8 nitrogen and oxygen atoms in total. The van der Waals surface area contributed by atoms with Gasteiger partial charge in [0.15, 0.2) is 28.6 Å². The van der Waals surface area contributed by atoms with Gasteiger partial charge in [0.05, 0.1) is 45.8 Å². The Morgan fingerprint density at radius 1 is 1.00 bits per heavy atom. The molecule has 0 atom stereocenters. The zero-order chi connectivity index (χ0) is 22.1. The first-order chi connectivity index (χ1) is 15.0. The van der Waals surface area contributed by atoms with Crippen LogP contribution in [0.4, 0.5) is 4.39 Å². The SMILES string of the molecule is COc1cc(C(=O)c2c(-c3cn[nH]c3)oc3c(F)c(OC)ccc23)cc(OC)c1OC. The van der Waals surface area contributed by atoms with Gasteiger partial charge in [-0.05, 0) is 24.3 Å². The van der Waals surface area contributed by atoms with Gasteiger partial charge in [0.1, 0.15) is 5.76 Å². The fraction of sp³-hybridized carbons (Fsp3) is 0.182. The summed E-state index contributed by atoms with van der Waals surface area (Å²) >= 11 is 0. The number of furan rings is 1. The second-order valence-electron chi connectivity index (χ2n) is 6.49. The predicted octanol–water partition coefficient (Wildman–Crippen LogP) is 4.23. The van der Waals surface area contributed by atoms with E-state index in [2.05, 4.69) is 10.2 Å². The van der Waals surface area contributed by atoms with Crippen molar-refractivity contribution in [2.75, 3.05) is 28.4 Å². The van der Waals surface area contributed by atoms with Crippen LogP contribution < -0.4 is 18.9 Å². The molecule has 0 spiro atoms. The van der Waals surface area contributed by atoms with E-state index in [0.29, 0.717) is 28.2 Å². The maximum Gasteiger partial charge on any atom is 0.208 e. The van der Waals surface area contributed by atoms with Crippen LogP contribution in [0.2, 0.25) is 0 Å². The topological polar surface area (TPSA) is 95.8 Å². The zero-order valence-corrected chi connectivity index (χ0v) is 17.2. The molecule has 0 fully saturated rings. The number of aromatic nitrogens is 2. The highest BCUT2D eigenvalue weighted by Crippen LogP contribution is 2.42. The van der Waals surface area contributed by atoms with E-state index < -0.39 is 11.6 Å². The summed E-state index contributed by atoms with van der Waals surface area (Å²) in [7, 11) is 5.74. The fourth-order valence-electron chi connectivity index (χ4n) is 3.43. The van der Waals surface area contributed by atoms with E-state index in [4.69, 9.17) is 23.4 Å². The van der Waals surface area contributed by atoms with Crippen LogP contribution in [-0.4, -0.2) is 44.4 Å². The van der Waals surface area contributed by atoms with Crippen LogP contribution in [0.15, 0.2) is 41.1 Å². The van der Waals surface area contributed by atoms with E-state index in [9.17, 15) is 9.18 Å². The third kappa shape index (κ3) is 3.24. The molecule has 0 saturated heterocycles. The lowest BCUT2D eigenvalue weighted by atomic mass is 9.97. The third-order valence-electron chi connectivity index (χ3n) is 4.90. The summed E-state index contributed by atoms with van der Waals surface area (Å²) in [5.74, 6) is 0.0461. The van der Waals surface area contributed by atoms with E-state index in [0.717, 1.165) is 0 Å². The van der Waals surface area contributed by atoms with Gasteiger partial charge in [0.2, 0.25) is 11.6 Å². The van der Waals surface area contributed by atoms with Gasteiger partial charge in [-0.2, -0.15) is 9.49 Å². The molecule has 1 N–H and O–H groups in total. The van der Waals surface area contributed by atoms with Crippen LogP contribution in [0.25, 0.3) is 22.3 Å². The minimum atomic E-state index is -0.700. The van der Waals surface area contributed by atoms with Gasteiger partial charge in [0, 0.05) is 17.1 Å². The molecule has 0 amide bonds. The summed E-state index contributed by atoms with van der Waals surface area (Å²) in [6, 6.07) is 6.08. The molecule has 0 radical (unpaired) electrons. The Morgan fingerprint density at radius 2 is 1.68 bits per heavy atom. The standard InChI is InChI=1S/C22H19FN2O6/c1-27-14-6-5-13-17(20(12-9-24-25-10-12)31-21(13)18(14)23)19(26)11-7-15(28-2)22(30-4)16(8-11)29-3/h5-10H,1-4H3,(H,24,25). The summed E-state index contributed by atoms with van der Waals surface area (Å²) in [6.45, 7) is 0. The molecule has 2 heterocycles. The molecule has 0 bridgehead atoms. The Balaban J connectivity index is 1.98. The minimum absolute atomic E-state index is 0.00628. The number of methoxy groups -OCH3 is 4. The van der Waals surface area contributed by atoms with Crippen LogP contribution in [0.3, 0.4) is 0 Å². The van der Waals surface area contributed by atoms with E-state index in [-0.39, 0.29) is 28.2 Å². The van der Waals surface area contributed by atoms with Crippen molar-refractivity contribution in [2.24, 2.45) is 0 Å². The van der Waals surface area contributed by atoms with Gasteiger partial charge in [-0.1, -0.05) is 0 Å². The van der Waals surface area contributed by atoms with Crippen molar-refractivity contribution in [3.05, 3.63) is 53.6 Å². The second-order valence-corrected chi connectivity index (χ2v) is 6.49. The molecule has 0 aliphatic carbocycles. The first-order valence-corrected chi connectivity index (χ1v) is 9.16. The number of nitrogens with zero attached hydrogens (tertiary/aromatic N) is 1. The van der Waals surface area contributed by atoms with Gasteiger partial charge in [0.25, 0.3) is 0 Å². The number of fused-ring (bicyclic) bond motifs is 1.